The van der Waals surface area contributed by atoms with E-state index in [-0.39, 0.29) is 17.1 Å². The lowest BCUT2D eigenvalue weighted by atomic mass is 10.0. The SMILES string of the molecule is C#Cc1cccc(C(=O)Cc2ccccc2S(=O)(=O)N2CCOCC2)c1. The highest BCUT2D eigenvalue weighted by molar-refractivity contribution is 7.89. The lowest BCUT2D eigenvalue weighted by Crippen LogP contribution is -2.41. The topological polar surface area (TPSA) is 63.7 Å². The normalized spacial score (nSPS) is 15.3. The first kappa shape index (κ1) is 18.3. The highest BCUT2D eigenvalue weighted by atomic mass is 32.2. The number of nitrogens with zero attached hydrogens (tertiary/aromatic N) is 1. The van der Waals surface area contributed by atoms with Crippen LogP contribution in [0.5, 0.6) is 0 Å². The summed E-state index contributed by atoms with van der Waals surface area (Å²) in [5.74, 6) is 2.32. The molecule has 1 saturated heterocycles. The van der Waals surface area contributed by atoms with Gasteiger partial charge in [-0.05, 0) is 23.8 Å². The van der Waals surface area contributed by atoms with E-state index in [9.17, 15) is 13.2 Å². The zero-order chi connectivity index (χ0) is 18.6. The summed E-state index contributed by atoms with van der Waals surface area (Å²) in [5, 5.41) is 0. The Balaban J connectivity index is 1.90. The molecule has 0 atom stereocenters. The van der Waals surface area contributed by atoms with Gasteiger partial charge in [-0.2, -0.15) is 4.31 Å². The minimum atomic E-state index is -3.66. The number of carbonyl (C=O) groups is 1. The number of ketones is 1. The molecule has 0 N–H and O–H groups in total. The Kier molecular flexibility index (Phi) is 5.52. The van der Waals surface area contributed by atoms with Gasteiger partial charge in [0.05, 0.1) is 18.1 Å². The Labute approximate surface area is 153 Å². The summed E-state index contributed by atoms with van der Waals surface area (Å²) < 4.78 is 32.5. The smallest absolute Gasteiger partial charge is 0.243 e. The third-order valence-electron chi connectivity index (χ3n) is 4.26. The Morgan fingerprint density at radius 2 is 1.85 bits per heavy atom. The maximum Gasteiger partial charge on any atom is 0.243 e. The molecule has 1 heterocycles. The first-order valence-corrected chi connectivity index (χ1v) is 9.72. The molecule has 0 amide bonds. The van der Waals surface area contributed by atoms with Gasteiger partial charge in [-0.15, -0.1) is 6.42 Å². The summed E-state index contributed by atoms with van der Waals surface area (Å²) in [5.41, 5.74) is 1.57. The zero-order valence-electron chi connectivity index (χ0n) is 14.2. The van der Waals surface area contributed by atoms with Gasteiger partial charge in [0, 0.05) is 30.6 Å². The van der Waals surface area contributed by atoms with E-state index in [1.165, 1.54) is 4.31 Å². The molecule has 1 aliphatic heterocycles. The van der Waals surface area contributed by atoms with Crippen molar-refractivity contribution in [2.45, 2.75) is 11.3 Å². The molecule has 0 unspecified atom stereocenters. The van der Waals surface area contributed by atoms with Crippen molar-refractivity contribution in [3.8, 4) is 12.3 Å². The van der Waals surface area contributed by atoms with E-state index in [1.54, 1.807) is 48.5 Å². The van der Waals surface area contributed by atoms with Crippen LogP contribution in [-0.4, -0.2) is 44.8 Å². The number of carbonyl (C=O) groups excluding carboxylic acids is 1. The van der Waals surface area contributed by atoms with Gasteiger partial charge in [-0.25, -0.2) is 8.42 Å². The lowest BCUT2D eigenvalue weighted by Gasteiger charge is -2.26. The van der Waals surface area contributed by atoms with Crippen molar-refractivity contribution in [3.05, 3.63) is 65.2 Å². The van der Waals surface area contributed by atoms with Crippen LogP contribution >= 0.6 is 0 Å². The van der Waals surface area contributed by atoms with Gasteiger partial charge in [-0.1, -0.05) is 36.3 Å². The monoisotopic (exact) mass is 369 g/mol. The molecule has 2 aromatic carbocycles. The number of sulfonamides is 1. The quantitative estimate of drug-likeness (QED) is 0.598. The Hall–Kier alpha value is -2.46. The zero-order valence-corrected chi connectivity index (χ0v) is 15.0. The number of ether oxygens (including phenoxy) is 1. The number of rotatable bonds is 5. The van der Waals surface area contributed by atoms with Crippen LogP contribution in [-0.2, 0) is 21.2 Å². The van der Waals surface area contributed by atoms with Gasteiger partial charge in [-0.3, -0.25) is 4.79 Å². The number of terminal acetylenes is 1. The second kappa shape index (κ2) is 7.83. The molecule has 3 rings (SSSR count). The highest BCUT2D eigenvalue weighted by Gasteiger charge is 2.28. The summed E-state index contributed by atoms with van der Waals surface area (Å²) in [6.45, 7) is 1.38. The molecule has 5 nitrogen and oxygen atoms in total. The van der Waals surface area contributed by atoms with Gasteiger partial charge in [0.1, 0.15) is 0 Å². The van der Waals surface area contributed by atoms with Crippen LogP contribution in [0.1, 0.15) is 21.5 Å². The second-order valence-electron chi connectivity index (χ2n) is 5.95. The van der Waals surface area contributed by atoms with E-state index < -0.39 is 10.0 Å². The summed E-state index contributed by atoms with van der Waals surface area (Å²) in [4.78, 5) is 12.8. The third-order valence-corrected chi connectivity index (χ3v) is 6.26. The van der Waals surface area contributed by atoms with Crippen LogP contribution in [0.3, 0.4) is 0 Å². The number of hydrogen-bond acceptors (Lipinski definition) is 4. The predicted molar refractivity (Wildman–Crippen MR) is 98.4 cm³/mol. The Bertz CT molecular complexity index is 954. The molecule has 1 fully saturated rings. The van der Waals surface area contributed by atoms with Gasteiger partial charge in [0.2, 0.25) is 10.0 Å². The third kappa shape index (κ3) is 3.86. The van der Waals surface area contributed by atoms with Crippen molar-refractivity contribution < 1.29 is 17.9 Å². The number of hydrogen-bond donors (Lipinski definition) is 0. The number of benzene rings is 2. The standard InChI is InChI=1S/C20H19NO4S/c1-2-16-6-5-8-17(14-16)19(22)15-18-7-3-4-9-20(18)26(23,24)21-10-12-25-13-11-21/h1,3-9,14H,10-13,15H2. The minimum absolute atomic E-state index is 0.00618. The van der Waals surface area contributed by atoms with E-state index in [2.05, 4.69) is 5.92 Å². The van der Waals surface area contributed by atoms with E-state index >= 15 is 0 Å². The molecule has 0 aromatic heterocycles. The van der Waals surface area contributed by atoms with Crippen LogP contribution in [0.4, 0.5) is 0 Å². The predicted octanol–water partition coefficient (Wildman–Crippen LogP) is 2.11. The average molecular weight is 369 g/mol. The molecule has 0 aliphatic carbocycles. The van der Waals surface area contributed by atoms with Gasteiger partial charge < -0.3 is 4.74 Å². The van der Waals surface area contributed by atoms with Crippen LogP contribution in [0.25, 0.3) is 0 Å². The van der Waals surface area contributed by atoms with Crippen molar-refractivity contribution >= 4 is 15.8 Å². The van der Waals surface area contributed by atoms with Gasteiger partial charge in [0.25, 0.3) is 0 Å². The largest absolute Gasteiger partial charge is 0.379 e. The number of morpholine rings is 1. The average Bonchev–Trinajstić information content (AvgIpc) is 2.69. The van der Waals surface area contributed by atoms with Crippen LogP contribution in [0, 0.1) is 12.3 Å². The van der Waals surface area contributed by atoms with E-state index in [0.717, 1.165) is 0 Å². The molecule has 26 heavy (non-hydrogen) atoms. The number of Topliss-reactive ketones (excluding diaryl/α,β-unsaturated/α-hetero) is 1. The van der Waals surface area contributed by atoms with E-state index in [0.29, 0.717) is 43.0 Å². The minimum Gasteiger partial charge on any atom is -0.379 e. The molecule has 0 bridgehead atoms. The molecule has 6 heteroatoms. The summed E-state index contributed by atoms with van der Waals surface area (Å²) in [7, 11) is -3.66. The second-order valence-corrected chi connectivity index (χ2v) is 7.86. The molecule has 0 spiro atoms. The highest BCUT2D eigenvalue weighted by Crippen LogP contribution is 2.22. The summed E-state index contributed by atoms with van der Waals surface area (Å²) >= 11 is 0. The maximum absolute atomic E-state index is 13.0. The van der Waals surface area contributed by atoms with Crippen molar-refractivity contribution in [2.75, 3.05) is 26.3 Å². The molecule has 1 aliphatic rings. The lowest BCUT2D eigenvalue weighted by molar-refractivity contribution is 0.0730. The fourth-order valence-corrected chi connectivity index (χ4v) is 4.52. The first-order chi connectivity index (χ1) is 12.5. The molecular weight excluding hydrogens is 350 g/mol. The van der Waals surface area contributed by atoms with E-state index in [1.807, 2.05) is 0 Å². The van der Waals surface area contributed by atoms with Crippen molar-refractivity contribution in [2.24, 2.45) is 0 Å². The summed E-state index contributed by atoms with van der Waals surface area (Å²) in [6.07, 6.45) is 5.37. The van der Waals surface area contributed by atoms with Gasteiger partial charge >= 0.3 is 0 Å². The van der Waals surface area contributed by atoms with Crippen molar-refractivity contribution in [3.63, 3.8) is 0 Å². The summed E-state index contributed by atoms with van der Waals surface area (Å²) in [6, 6.07) is 13.4. The fraction of sp³-hybridized carbons (Fsp3) is 0.250. The van der Waals surface area contributed by atoms with Gasteiger partial charge in [0.15, 0.2) is 5.78 Å². The molecule has 2 aromatic rings. The molecule has 0 saturated carbocycles. The van der Waals surface area contributed by atoms with Crippen LogP contribution in [0.2, 0.25) is 0 Å². The maximum atomic E-state index is 13.0. The van der Waals surface area contributed by atoms with E-state index in [4.69, 9.17) is 11.2 Å². The fourth-order valence-electron chi connectivity index (χ4n) is 2.89. The van der Waals surface area contributed by atoms with Crippen LogP contribution < -0.4 is 0 Å². The molecular formula is C20H19NO4S. The van der Waals surface area contributed by atoms with Crippen LogP contribution in [0.15, 0.2) is 53.4 Å². The first-order valence-electron chi connectivity index (χ1n) is 8.28. The molecule has 0 radical (unpaired) electrons. The van der Waals surface area contributed by atoms with Crippen molar-refractivity contribution in [1.29, 1.82) is 0 Å². The Morgan fingerprint density at radius 3 is 2.58 bits per heavy atom. The Morgan fingerprint density at radius 1 is 1.12 bits per heavy atom. The van der Waals surface area contributed by atoms with Crippen molar-refractivity contribution in [1.82, 2.24) is 4.31 Å². The molecule has 134 valence electrons.